The van der Waals surface area contributed by atoms with Gasteiger partial charge in [-0.15, -0.1) is 0 Å². The number of rotatable bonds is 13. The Labute approximate surface area is 831 Å². The van der Waals surface area contributed by atoms with Crippen LogP contribution in [-0.4, -0.2) is 27.4 Å². The molecular weight excluding hydrogens is 1750 g/mol. The van der Waals surface area contributed by atoms with Gasteiger partial charge in [-0.2, -0.15) is 5.26 Å². The average Bonchev–Trinajstić information content (AvgIpc) is 1.59. The summed E-state index contributed by atoms with van der Waals surface area (Å²) >= 11 is 0. The SMILES string of the molecule is N#Cc1ccc(-c2cccc(-n3c4ccccc4c4ccc(-c5ccc6c(c5)c5ccccc5n6-c5ccccc5)cc43)c2)cc1.[C-]#[N+]c1ccc(-c2ccc(-n3c4ccccc4c4ccc(-c5ccc6c(c5)c5ccccc5n6-c5ccccc5)cc43)cc2)cc1.[C-]#[N+]c1ccc(-c2cccc(-n3c4ccccc4c4cc(-c5ccc(-c6ccc7c(c6)c6ccccc6n7-c6ccccc6)cc5)ccc43)c2)cc1. The van der Waals surface area contributed by atoms with Crippen LogP contribution in [0.3, 0.4) is 0 Å². The molecule has 0 unspecified atom stereocenters. The van der Waals surface area contributed by atoms with Gasteiger partial charge >= 0.3 is 0 Å². The lowest BCUT2D eigenvalue weighted by Gasteiger charge is -2.11. The van der Waals surface area contributed by atoms with E-state index < -0.39 is 0 Å². The monoisotopic (exact) mass is 1830 g/mol. The van der Waals surface area contributed by atoms with Gasteiger partial charge in [0.25, 0.3) is 0 Å². The van der Waals surface area contributed by atoms with Crippen molar-refractivity contribution in [1.29, 1.82) is 5.26 Å². The smallest absolute Gasteiger partial charge is 0.187 e. The summed E-state index contributed by atoms with van der Waals surface area (Å²) in [6.07, 6.45) is 0. The Morgan fingerprint density at radius 3 is 0.667 bits per heavy atom. The van der Waals surface area contributed by atoms with Crippen LogP contribution in [0, 0.1) is 24.5 Å². The van der Waals surface area contributed by atoms with Gasteiger partial charge in [0, 0.05) is 98.8 Å². The zero-order chi connectivity index (χ0) is 95.8. The van der Waals surface area contributed by atoms with Gasteiger partial charge in [-0.25, -0.2) is 9.69 Å². The molecule has 28 aromatic rings. The summed E-state index contributed by atoms with van der Waals surface area (Å²) in [5, 5.41) is 24.2. The fourth-order valence-electron chi connectivity index (χ4n) is 21.8. The van der Waals surface area contributed by atoms with E-state index in [-0.39, 0.29) is 0 Å². The first-order valence-electron chi connectivity index (χ1n) is 48.5. The molecule has 0 atom stereocenters. The fourth-order valence-corrected chi connectivity index (χ4v) is 21.8. The van der Waals surface area contributed by atoms with Crippen LogP contribution in [0.4, 0.5) is 11.4 Å². The lowest BCUT2D eigenvalue weighted by atomic mass is 9.98. The lowest BCUT2D eigenvalue weighted by molar-refractivity contribution is 1.18. The molecule has 28 rings (SSSR count). The van der Waals surface area contributed by atoms with E-state index in [1.807, 2.05) is 72.8 Å². The minimum atomic E-state index is 0.651. The van der Waals surface area contributed by atoms with Crippen molar-refractivity contribution in [2.75, 3.05) is 0 Å². The Kier molecular flexibility index (Phi) is 20.9. The van der Waals surface area contributed by atoms with E-state index in [1.165, 1.54) is 187 Å². The van der Waals surface area contributed by atoms with Gasteiger partial charge in [-0.05, 0) is 260 Å². The second-order valence-electron chi connectivity index (χ2n) is 36.7. The topological polar surface area (TPSA) is 62.1 Å². The highest BCUT2D eigenvalue weighted by atomic mass is 15.0. The summed E-state index contributed by atoms with van der Waals surface area (Å²) < 4.78 is 14.2. The summed E-state index contributed by atoms with van der Waals surface area (Å²) in [4.78, 5) is 7.08. The molecule has 9 heteroatoms. The van der Waals surface area contributed by atoms with Crippen molar-refractivity contribution in [3.05, 3.63) is 544 Å². The van der Waals surface area contributed by atoms with Gasteiger partial charge < -0.3 is 27.4 Å². The van der Waals surface area contributed by atoms with Gasteiger partial charge in [-0.1, -0.05) is 334 Å². The number of nitrogens with zero attached hydrogens (tertiary/aromatic N) is 9. The molecule has 0 saturated heterocycles. The highest BCUT2D eigenvalue weighted by Gasteiger charge is 2.23. The van der Waals surface area contributed by atoms with E-state index in [2.05, 4.69) is 486 Å². The second-order valence-corrected chi connectivity index (χ2v) is 36.7. The van der Waals surface area contributed by atoms with Crippen molar-refractivity contribution in [2.45, 2.75) is 0 Å². The molecule has 0 amide bonds. The van der Waals surface area contributed by atoms with Gasteiger partial charge in [0.15, 0.2) is 11.4 Å². The third-order valence-electron chi connectivity index (χ3n) is 28.6. The van der Waals surface area contributed by atoms with Gasteiger partial charge in [0.1, 0.15) is 0 Å². The van der Waals surface area contributed by atoms with E-state index in [4.69, 9.17) is 13.1 Å². The maximum atomic E-state index is 9.27. The molecule has 0 aliphatic heterocycles. The van der Waals surface area contributed by atoms with Crippen LogP contribution in [-0.2, 0) is 0 Å². The van der Waals surface area contributed by atoms with E-state index in [1.54, 1.807) is 0 Å². The quantitative estimate of drug-likeness (QED) is 0.106. The number of hydrogen-bond donors (Lipinski definition) is 0. The number of aromatic nitrogens is 6. The van der Waals surface area contributed by atoms with Crippen LogP contribution < -0.4 is 0 Å². The highest BCUT2D eigenvalue weighted by Crippen LogP contribution is 2.46. The molecule has 144 heavy (non-hydrogen) atoms. The third-order valence-corrected chi connectivity index (χ3v) is 28.6. The zero-order valence-electron chi connectivity index (χ0n) is 78.1. The Hall–Kier alpha value is -19.9. The molecular formula is C135H85N9. The molecule has 9 nitrogen and oxygen atoms in total. The van der Waals surface area contributed by atoms with Gasteiger partial charge in [0.05, 0.1) is 91.0 Å². The second kappa shape index (κ2) is 35.6. The van der Waals surface area contributed by atoms with Crippen molar-refractivity contribution in [2.24, 2.45) is 0 Å². The zero-order valence-corrected chi connectivity index (χ0v) is 78.1. The molecule has 0 spiro atoms. The van der Waals surface area contributed by atoms with Crippen LogP contribution in [0.2, 0.25) is 0 Å². The fraction of sp³-hybridized carbons (Fsp3) is 0. The highest BCUT2D eigenvalue weighted by molar-refractivity contribution is 6.17. The molecule has 670 valence electrons. The standard InChI is InChI=1S/C49H31N3.2C43H27N3/c1-50-39-26-22-35(23-27-39)36-10-9-13-41(30-36)52-47-17-8-6-15-43(47)45-32-38(25-29-49(45)52)34-20-18-33(19-21-34)37-24-28-48-44(31-37)42-14-5-7-16-46(42)51(48)40-11-3-2-4-12-40;1-44-33-21-15-29(16-22-33)30-17-23-35(24-18-30)46-40-13-7-5-11-36(40)38-25-19-32(28-43(38)46)31-20-26-42-39(27-31)37-12-6-8-14-41(37)45(42)34-9-3-2-4-10-34;44-28-29-17-19-30(20-18-29)31-9-8-12-35(25-31)46-40-15-6-4-13-36(40)38-23-21-33(27-43(38)46)32-22-24-42-39(26-32)37-14-5-7-16-41(37)45(42)34-10-2-1-3-11-34/h2-32H;2-28H;1-27H. The summed E-state index contributed by atoms with van der Waals surface area (Å²) in [7, 11) is 0. The minimum Gasteiger partial charge on any atom is -0.309 e. The summed E-state index contributed by atoms with van der Waals surface area (Å²) in [5.74, 6) is 0. The van der Waals surface area contributed by atoms with Crippen molar-refractivity contribution in [1.82, 2.24) is 27.4 Å². The molecule has 22 aromatic carbocycles. The Balaban J connectivity index is 0.000000110. The molecule has 0 N–H and O–H groups in total. The Bertz CT molecular complexity index is 10100. The Morgan fingerprint density at radius 1 is 0.146 bits per heavy atom. The minimum absolute atomic E-state index is 0.651. The lowest BCUT2D eigenvalue weighted by Crippen LogP contribution is -1.94. The van der Waals surface area contributed by atoms with Crippen molar-refractivity contribution < 1.29 is 0 Å². The predicted octanol–water partition coefficient (Wildman–Crippen LogP) is 36.3. The van der Waals surface area contributed by atoms with Crippen molar-refractivity contribution in [3.63, 3.8) is 0 Å². The molecule has 0 saturated carbocycles. The molecule has 0 aliphatic carbocycles. The first-order chi connectivity index (χ1) is 71.3. The normalized spacial score (nSPS) is 11.5. The number of hydrogen-bond acceptors (Lipinski definition) is 1. The molecule has 6 aromatic heterocycles. The number of benzene rings is 22. The summed E-state index contributed by atoms with van der Waals surface area (Å²) in [6.45, 7) is 14.6. The van der Waals surface area contributed by atoms with Crippen LogP contribution in [0.1, 0.15) is 5.56 Å². The maximum Gasteiger partial charge on any atom is 0.187 e. The predicted molar refractivity (Wildman–Crippen MR) is 601 cm³/mol. The van der Waals surface area contributed by atoms with E-state index in [0.29, 0.717) is 16.9 Å². The third kappa shape index (κ3) is 14.8. The maximum absolute atomic E-state index is 9.27. The first kappa shape index (κ1) is 84.6. The van der Waals surface area contributed by atoms with Crippen LogP contribution in [0.5, 0.6) is 0 Å². The number of para-hydroxylation sites is 9. The van der Waals surface area contributed by atoms with Gasteiger partial charge in [-0.3, -0.25) is 0 Å². The number of fused-ring (bicyclic) bond motifs is 18. The molecule has 6 heterocycles. The number of nitriles is 1. The van der Waals surface area contributed by atoms with Gasteiger partial charge in [0.2, 0.25) is 0 Å². The Morgan fingerprint density at radius 2 is 0.347 bits per heavy atom. The molecule has 0 aliphatic rings. The van der Waals surface area contributed by atoms with Crippen LogP contribution in [0.25, 0.3) is 253 Å². The van der Waals surface area contributed by atoms with Crippen molar-refractivity contribution in [3.8, 4) is 118 Å². The van der Waals surface area contributed by atoms with E-state index in [0.717, 1.165) is 56.1 Å². The van der Waals surface area contributed by atoms with Crippen LogP contribution >= 0.6 is 0 Å². The first-order valence-corrected chi connectivity index (χ1v) is 48.5. The average molecular weight is 1830 g/mol. The molecule has 0 fully saturated rings. The summed E-state index contributed by atoms with van der Waals surface area (Å²) in [6, 6.07) is 186. The van der Waals surface area contributed by atoms with E-state index >= 15 is 0 Å². The van der Waals surface area contributed by atoms with Crippen molar-refractivity contribution >= 4 is 142 Å². The largest absolute Gasteiger partial charge is 0.309 e. The van der Waals surface area contributed by atoms with Crippen LogP contribution in [0.15, 0.2) is 516 Å². The summed E-state index contributed by atoms with van der Waals surface area (Å²) in [5.41, 5.74) is 39.3. The molecule has 0 radical (unpaired) electrons. The molecule has 0 bridgehead atoms. The van der Waals surface area contributed by atoms with E-state index in [9.17, 15) is 5.26 Å².